The van der Waals surface area contributed by atoms with Crippen molar-refractivity contribution in [1.82, 2.24) is 5.32 Å². The van der Waals surface area contributed by atoms with Gasteiger partial charge in [-0.1, -0.05) is 66.7 Å². The standard InChI is InChI=1S/C25H29NO6/c1-3-14-30-25-22(26-18(2)27)24(31-16-20-12-8-5-9-13-20)23(28)21(32-25)17-29-15-19-10-6-4-7-11-19/h3-13,21-22,24-25H,1,14-17H2,2H3,(H,26,27)/t21-,22-,24-,25-/m1/s1. The van der Waals surface area contributed by atoms with Gasteiger partial charge < -0.3 is 24.3 Å². The molecule has 1 saturated heterocycles. The SMILES string of the molecule is C=CCO[C@@H]1O[C@H](COCc2ccccc2)C(=O)[C@H](OCc2ccccc2)[C@H]1NC(C)=O. The molecule has 1 aliphatic heterocycles. The number of hydrogen-bond donors (Lipinski definition) is 1. The van der Waals surface area contributed by atoms with E-state index in [1.165, 1.54) is 6.92 Å². The molecule has 0 saturated carbocycles. The highest BCUT2D eigenvalue weighted by atomic mass is 16.7. The molecule has 0 bridgehead atoms. The summed E-state index contributed by atoms with van der Waals surface area (Å²) in [6.07, 6.45) is -1.15. The Hall–Kier alpha value is -2.84. The molecular formula is C25H29NO6. The minimum Gasteiger partial charge on any atom is -0.374 e. The van der Waals surface area contributed by atoms with E-state index in [1.54, 1.807) is 6.08 Å². The summed E-state index contributed by atoms with van der Waals surface area (Å²) in [7, 11) is 0. The molecule has 3 rings (SSSR count). The van der Waals surface area contributed by atoms with Crippen LogP contribution in [0.25, 0.3) is 0 Å². The maximum atomic E-state index is 13.2. The van der Waals surface area contributed by atoms with E-state index >= 15 is 0 Å². The Morgan fingerprint density at radius 2 is 1.66 bits per heavy atom. The van der Waals surface area contributed by atoms with Crippen molar-refractivity contribution in [3.8, 4) is 0 Å². The fourth-order valence-corrected chi connectivity index (χ4v) is 3.43. The molecule has 1 fully saturated rings. The quantitative estimate of drug-likeness (QED) is 0.542. The molecule has 170 valence electrons. The summed E-state index contributed by atoms with van der Waals surface area (Å²) in [6, 6.07) is 18.4. The average molecular weight is 440 g/mol. The van der Waals surface area contributed by atoms with Gasteiger partial charge in [0.2, 0.25) is 5.91 Å². The number of benzene rings is 2. The van der Waals surface area contributed by atoms with Gasteiger partial charge in [-0.2, -0.15) is 0 Å². The van der Waals surface area contributed by atoms with Crippen molar-refractivity contribution in [1.29, 1.82) is 0 Å². The van der Waals surface area contributed by atoms with Gasteiger partial charge in [0.15, 0.2) is 12.1 Å². The lowest BCUT2D eigenvalue weighted by molar-refractivity contribution is -0.233. The fourth-order valence-electron chi connectivity index (χ4n) is 3.43. The normalized spacial score (nSPS) is 23.0. The van der Waals surface area contributed by atoms with Crippen molar-refractivity contribution in [3.63, 3.8) is 0 Å². The lowest BCUT2D eigenvalue weighted by Crippen LogP contribution is -2.63. The summed E-state index contributed by atoms with van der Waals surface area (Å²) in [5, 5.41) is 2.75. The summed E-state index contributed by atoms with van der Waals surface area (Å²) in [6.45, 7) is 5.81. The fraction of sp³-hybridized carbons (Fsp3) is 0.360. The first-order valence-electron chi connectivity index (χ1n) is 10.5. The summed E-state index contributed by atoms with van der Waals surface area (Å²) in [5.74, 6) is -0.614. The van der Waals surface area contributed by atoms with Crippen LogP contribution in [0.4, 0.5) is 0 Å². The molecule has 2 aromatic carbocycles. The monoisotopic (exact) mass is 439 g/mol. The molecule has 0 radical (unpaired) electrons. The van der Waals surface area contributed by atoms with Crippen LogP contribution >= 0.6 is 0 Å². The minimum absolute atomic E-state index is 0.0413. The van der Waals surface area contributed by atoms with E-state index in [-0.39, 0.29) is 31.5 Å². The van der Waals surface area contributed by atoms with Gasteiger partial charge in [-0.25, -0.2) is 0 Å². The second-order valence-corrected chi connectivity index (χ2v) is 7.46. The van der Waals surface area contributed by atoms with Gasteiger partial charge in [-0.15, -0.1) is 6.58 Å². The van der Waals surface area contributed by atoms with E-state index < -0.39 is 24.5 Å². The maximum Gasteiger partial charge on any atom is 0.217 e. The van der Waals surface area contributed by atoms with Crippen LogP contribution < -0.4 is 5.32 Å². The number of hydrogen-bond acceptors (Lipinski definition) is 6. The van der Waals surface area contributed by atoms with Gasteiger partial charge in [0.1, 0.15) is 18.2 Å². The van der Waals surface area contributed by atoms with Gasteiger partial charge in [-0.3, -0.25) is 9.59 Å². The molecule has 1 aliphatic rings. The number of Topliss-reactive ketones (excluding diaryl/α,β-unsaturated/α-hetero) is 1. The molecule has 0 aliphatic carbocycles. The summed E-state index contributed by atoms with van der Waals surface area (Å²) >= 11 is 0. The molecule has 7 nitrogen and oxygen atoms in total. The van der Waals surface area contributed by atoms with Crippen LogP contribution in [0, 0.1) is 0 Å². The van der Waals surface area contributed by atoms with Crippen LogP contribution in [0.15, 0.2) is 73.3 Å². The summed E-state index contributed by atoms with van der Waals surface area (Å²) in [5.41, 5.74) is 1.90. The van der Waals surface area contributed by atoms with Crippen molar-refractivity contribution in [2.75, 3.05) is 13.2 Å². The Morgan fingerprint density at radius 1 is 1.03 bits per heavy atom. The van der Waals surface area contributed by atoms with E-state index in [0.717, 1.165) is 11.1 Å². The highest BCUT2D eigenvalue weighted by Gasteiger charge is 2.47. The van der Waals surface area contributed by atoms with Gasteiger partial charge in [0.05, 0.1) is 26.4 Å². The predicted molar refractivity (Wildman–Crippen MR) is 119 cm³/mol. The zero-order valence-corrected chi connectivity index (χ0v) is 18.1. The van der Waals surface area contributed by atoms with E-state index in [9.17, 15) is 9.59 Å². The minimum atomic E-state index is -0.951. The van der Waals surface area contributed by atoms with Crippen molar-refractivity contribution in [2.45, 2.75) is 44.7 Å². The largest absolute Gasteiger partial charge is 0.374 e. The highest BCUT2D eigenvalue weighted by molar-refractivity contribution is 5.90. The van der Waals surface area contributed by atoms with Crippen LogP contribution in [0.2, 0.25) is 0 Å². The van der Waals surface area contributed by atoms with Crippen LogP contribution in [0.3, 0.4) is 0 Å². The first-order chi connectivity index (χ1) is 15.6. The molecule has 7 heteroatoms. The van der Waals surface area contributed by atoms with Gasteiger partial charge in [0.25, 0.3) is 0 Å². The molecular weight excluding hydrogens is 410 g/mol. The average Bonchev–Trinajstić information content (AvgIpc) is 2.80. The van der Waals surface area contributed by atoms with Crippen LogP contribution in [0.5, 0.6) is 0 Å². The van der Waals surface area contributed by atoms with Gasteiger partial charge in [0, 0.05) is 6.92 Å². The van der Waals surface area contributed by atoms with Crippen LogP contribution in [-0.2, 0) is 41.8 Å². The molecule has 4 atom stereocenters. The van der Waals surface area contributed by atoms with Gasteiger partial charge >= 0.3 is 0 Å². The zero-order chi connectivity index (χ0) is 22.8. The molecule has 0 aromatic heterocycles. The molecule has 1 heterocycles. The second kappa shape index (κ2) is 12.3. The van der Waals surface area contributed by atoms with Crippen molar-refractivity contribution in [3.05, 3.63) is 84.4 Å². The predicted octanol–water partition coefficient (Wildman–Crippen LogP) is 2.79. The zero-order valence-electron chi connectivity index (χ0n) is 18.1. The summed E-state index contributed by atoms with van der Waals surface area (Å²) < 4.78 is 23.4. The van der Waals surface area contributed by atoms with E-state index in [0.29, 0.717) is 6.61 Å². The molecule has 32 heavy (non-hydrogen) atoms. The molecule has 1 amide bonds. The van der Waals surface area contributed by atoms with E-state index in [2.05, 4.69) is 11.9 Å². The lowest BCUT2D eigenvalue weighted by atomic mass is 9.98. The second-order valence-electron chi connectivity index (χ2n) is 7.46. The van der Waals surface area contributed by atoms with Crippen molar-refractivity contribution in [2.24, 2.45) is 0 Å². The Kier molecular flexibility index (Phi) is 9.13. The van der Waals surface area contributed by atoms with E-state index in [4.69, 9.17) is 18.9 Å². The third-order valence-corrected chi connectivity index (χ3v) is 4.92. The van der Waals surface area contributed by atoms with Crippen molar-refractivity contribution >= 4 is 11.7 Å². The summed E-state index contributed by atoms with van der Waals surface area (Å²) in [4.78, 5) is 25.1. The van der Waals surface area contributed by atoms with Gasteiger partial charge in [-0.05, 0) is 11.1 Å². The number of carbonyl (C=O) groups is 2. The molecule has 2 aromatic rings. The number of nitrogens with one attached hydrogen (secondary N) is 1. The first-order valence-corrected chi connectivity index (χ1v) is 10.5. The first kappa shape index (κ1) is 23.8. The number of carbonyl (C=O) groups excluding carboxylic acids is 2. The maximum absolute atomic E-state index is 13.2. The van der Waals surface area contributed by atoms with Crippen LogP contribution in [0.1, 0.15) is 18.1 Å². The lowest BCUT2D eigenvalue weighted by Gasteiger charge is -2.40. The molecule has 0 unspecified atom stereocenters. The van der Waals surface area contributed by atoms with Crippen molar-refractivity contribution < 1.29 is 28.5 Å². The number of ketones is 1. The highest BCUT2D eigenvalue weighted by Crippen LogP contribution is 2.23. The topological polar surface area (TPSA) is 83.1 Å². The Bertz CT molecular complexity index is 873. The Morgan fingerprint density at radius 3 is 2.25 bits per heavy atom. The Balaban J connectivity index is 1.73. The number of amides is 1. The number of ether oxygens (including phenoxy) is 4. The molecule has 0 spiro atoms. The molecule has 1 N–H and O–H groups in total. The third kappa shape index (κ3) is 6.83. The smallest absolute Gasteiger partial charge is 0.217 e. The number of rotatable bonds is 11. The third-order valence-electron chi connectivity index (χ3n) is 4.92. The van der Waals surface area contributed by atoms with Crippen LogP contribution in [-0.4, -0.2) is 49.4 Å². The van der Waals surface area contributed by atoms with E-state index in [1.807, 2.05) is 60.7 Å². The Labute approximate surface area is 188 Å².